The van der Waals surface area contributed by atoms with E-state index in [1.807, 2.05) is 6.08 Å². The second-order valence-corrected chi connectivity index (χ2v) is 14.0. The highest BCUT2D eigenvalue weighted by Crippen LogP contribution is 2.65. The zero-order chi connectivity index (χ0) is 30.9. The van der Waals surface area contributed by atoms with Crippen molar-refractivity contribution in [3.63, 3.8) is 0 Å². The van der Waals surface area contributed by atoms with Crippen molar-refractivity contribution in [2.24, 2.45) is 5.92 Å². The van der Waals surface area contributed by atoms with Crippen molar-refractivity contribution in [3.8, 4) is 11.5 Å². The Balaban J connectivity index is 1.10. The van der Waals surface area contributed by atoms with Gasteiger partial charge in [0.15, 0.2) is 11.5 Å². The summed E-state index contributed by atoms with van der Waals surface area (Å²) < 4.78 is 12.8. The molecular formula is C40H50N2O3. The number of hydrogen-bond donors (Lipinski definition) is 2. The van der Waals surface area contributed by atoms with Crippen LogP contribution in [0.4, 0.5) is 0 Å². The third-order valence-electron chi connectivity index (χ3n) is 11.7. The van der Waals surface area contributed by atoms with Crippen LogP contribution in [-0.2, 0) is 24.7 Å². The number of ether oxygens (including phenoxy) is 2. The van der Waals surface area contributed by atoms with E-state index in [9.17, 15) is 5.11 Å². The topological polar surface area (TPSA) is 54.0 Å². The van der Waals surface area contributed by atoms with Crippen LogP contribution in [0.1, 0.15) is 67.2 Å². The normalized spacial score (nSPS) is 28.6. The van der Waals surface area contributed by atoms with E-state index in [1.54, 1.807) is 7.11 Å². The minimum absolute atomic E-state index is 0.0754. The van der Waals surface area contributed by atoms with E-state index in [1.165, 1.54) is 47.9 Å². The maximum Gasteiger partial charge on any atom is 0.165 e. The van der Waals surface area contributed by atoms with Crippen LogP contribution in [0.2, 0.25) is 0 Å². The average molecular weight is 607 g/mol. The Morgan fingerprint density at radius 1 is 1.00 bits per heavy atom. The molecule has 4 aliphatic rings. The second-order valence-electron chi connectivity index (χ2n) is 14.0. The molecule has 5 heteroatoms. The van der Waals surface area contributed by atoms with Crippen molar-refractivity contribution in [2.45, 2.75) is 93.4 Å². The lowest BCUT2D eigenvalue weighted by molar-refractivity contribution is -0.189. The molecule has 45 heavy (non-hydrogen) atoms. The van der Waals surface area contributed by atoms with Crippen molar-refractivity contribution < 1.29 is 14.6 Å². The third-order valence-corrected chi connectivity index (χ3v) is 11.7. The van der Waals surface area contributed by atoms with Gasteiger partial charge in [-0.2, -0.15) is 0 Å². The fraction of sp³-hybridized carbons (Fsp3) is 0.500. The van der Waals surface area contributed by atoms with Crippen LogP contribution in [0.5, 0.6) is 11.5 Å². The SMILES string of the molecule is C=CCN1CC[C@]23c4c5ccc(OC)c4OC2C(NCC(CCCCc2ccccc2)CCc2ccccc2)CC[C@@]3(O)[C@H]1C5. The Labute approximate surface area is 269 Å². The summed E-state index contributed by atoms with van der Waals surface area (Å²) >= 11 is 0. The van der Waals surface area contributed by atoms with E-state index in [0.29, 0.717) is 5.92 Å². The number of aliphatic hydroxyl groups is 1. The second kappa shape index (κ2) is 12.9. The molecule has 7 rings (SSSR count). The van der Waals surface area contributed by atoms with Crippen LogP contribution < -0.4 is 14.8 Å². The summed E-state index contributed by atoms with van der Waals surface area (Å²) in [5.41, 5.74) is 4.16. The van der Waals surface area contributed by atoms with Crippen molar-refractivity contribution in [1.82, 2.24) is 10.2 Å². The lowest BCUT2D eigenvalue weighted by Crippen LogP contribution is -2.78. The number of methoxy groups -OCH3 is 1. The van der Waals surface area contributed by atoms with Crippen LogP contribution in [0.3, 0.4) is 0 Å². The highest BCUT2D eigenvalue weighted by atomic mass is 16.5. The Hall–Kier alpha value is -3.12. The third kappa shape index (κ3) is 5.41. The zero-order valence-corrected chi connectivity index (χ0v) is 26.9. The van der Waals surface area contributed by atoms with Crippen molar-refractivity contribution in [1.29, 1.82) is 0 Å². The molecule has 3 aromatic carbocycles. The van der Waals surface area contributed by atoms with Crippen LogP contribution in [-0.4, -0.2) is 60.5 Å². The fourth-order valence-corrected chi connectivity index (χ4v) is 9.46. The Morgan fingerprint density at radius 3 is 2.49 bits per heavy atom. The molecule has 2 N–H and O–H groups in total. The monoisotopic (exact) mass is 606 g/mol. The number of nitrogens with zero attached hydrogens (tertiary/aromatic N) is 1. The summed E-state index contributed by atoms with van der Waals surface area (Å²) in [6.07, 6.45) is 12.4. The first-order valence-corrected chi connectivity index (χ1v) is 17.3. The number of likely N-dealkylation sites (tertiary alicyclic amines) is 1. The van der Waals surface area contributed by atoms with E-state index < -0.39 is 11.0 Å². The largest absolute Gasteiger partial charge is 0.493 e. The van der Waals surface area contributed by atoms with Crippen LogP contribution >= 0.6 is 0 Å². The van der Waals surface area contributed by atoms with Crippen molar-refractivity contribution >= 4 is 0 Å². The highest BCUT2D eigenvalue weighted by Gasteiger charge is 2.72. The Morgan fingerprint density at radius 2 is 1.76 bits per heavy atom. The minimum atomic E-state index is -0.828. The molecule has 1 spiro atoms. The number of nitrogens with one attached hydrogen (secondary N) is 1. The maximum atomic E-state index is 12.8. The van der Waals surface area contributed by atoms with Crippen molar-refractivity contribution in [3.05, 3.63) is 108 Å². The molecule has 2 heterocycles. The van der Waals surface area contributed by atoms with Gasteiger partial charge in [0.2, 0.25) is 0 Å². The van der Waals surface area contributed by atoms with Crippen LogP contribution in [0.25, 0.3) is 0 Å². The van der Waals surface area contributed by atoms with E-state index in [2.05, 4.69) is 89.6 Å². The predicted molar refractivity (Wildman–Crippen MR) is 181 cm³/mol. The van der Waals surface area contributed by atoms with Gasteiger partial charge in [-0.3, -0.25) is 4.90 Å². The van der Waals surface area contributed by atoms with Gasteiger partial charge < -0.3 is 19.9 Å². The fourth-order valence-electron chi connectivity index (χ4n) is 9.46. The molecule has 6 atom stereocenters. The number of rotatable bonds is 14. The highest BCUT2D eigenvalue weighted by molar-refractivity contribution is 5.63. The summed E-state index contributed by atoms with van der Waals surface area (Å²) in [5.74, 6) is 2.26. The molecule has 2 bridgehead atoms. The molecule has 2 aliphatic heterocycles. The summed E-state index contributed by atoms with van der Waals surface area (Å²) in [6, 6.07) is 26.4. The number of hydrogen-bond acceptors (Lipinski definition) is 5. The van der Waals surface area contributed by atoms with Gasteiger partial charge in [0.05, 0.1) is 18.1 Å². The molecule has 0 aromatic heterocycles. The minimum Gasteiger partial charge on any atom is -0.493 e. The summed E-state index contributed by atoms with van der Waals surface area (Å²) in [7, 11) is 1.73. The average Bonchev–Trinajstić information content (AvgIpc) is 3.42. The van der Waals surface area contributed by atoms with Gasteiger partial charge in [0.1, 0.15) is 6.10 Å². The van der Waals surface area contributed by atoms with Gasteiger partial charge in [-0.25, -0.2) is 0 Å². The molecule has 3 unspecified atom stereocenters. The molecule has 238 valence electrons. The van der Waals surface area contributed by atoms with Crippen LogP contribution in [0.15, 0.2) is 85.5 Å². The van der Waals surface area contributed by atoms with Gasteiger partial charge in [-0.15, -0.1) is 6.58 Å². The molecule has 5 nitrogen and oxygen atoms in total. The lowest BCUT2D eigenvalue weighted by Gasteiger charge is -2.64. The molecule has 3 aromatic rings. The molecule has 0 radical (unpaired) electrons. The van der Waals surface area contributed by atoms with Gasteiger partial charge in [-0.05, 0) is 99.6 Å². The lowest BCUT2D eigenvalue weighted by atomic mass is 9.48. The maximum absolute atomic E-state index is 12.8. The first-order chi connectivity index (χ1) is 22.1. The quantitative estimate of drug-likeness (QED) is 0.159. The molecule has 2 fully saturated rings. The smallest absolute Gasteiger partial charge is 0.165 e. The predicted octanol–water partition coefficient (Wildman–Crippen LogP) is 6.66. The summed E-state index contributed by atoms with van der Waals surface area (Å²) in [4.78, 5) is 2.46. The summed E-state index contributed by atoms with van der Waals surface area (Å²) in [6.45, 7) is 6.76. The van der Waals surface area contributed by atoms with Gasteiger partial charge in [-0.1, -0.05) is 79.2 Å². The molecule has 0 amide bonds. The number of unbranched alkanes of at least 4 members (excludes halogenated alkanes) is 1. The molecule has 1 saturated heterocycles. The van der Waals surface area contributed by atoms with Gasteiger partial charge >= 0.3 is 0 Å². The molecule has 1 saturated carbocycles. The Bertz CT molecular complexity index is 1460. The van der Waals surface area contributed by atoms with Gasteiger partial charge in [0.25, 0.3) is 0 Å². The van der Waals surface area contributed by atoms with E-state index >= 15 is 0 Å². The Kier molecular flexibility index (Phi) is 8.78. The van der Waals surface area contributed by atoms with E-state index in [4.69, 9.17) is 9.47 Å². The molecular weight excluding hydrogens is 556 g/mol. The van der Waals surface area contributed by atoms with Gasteiger partial charge in [0, 0.05) is 24.2 Å². The summed E-state index contributed by atoms with van der Waals surface area (Å²) in [5, 5.41) is 16.9. The van der Waals surface area contributed by atoms with E-state index in [0.717, 1.165) is 69.7 Å². The molecule has 2 aliphatic carbocycles. The standard InChI is InChI=1S/C40H50N2O3/c1-3-25-42-26-24-39-36-32-20-21-34(44-2)37(36)45-38(39)33(22-23-40(39,43)35(42)27-32)41-28-31(19-18-30-14-8-5-9-15-30)17-11-10-16-29-12-6-4-7-13-29/h3-9,12-15,20-21,31,33,35,38,41,43H,1,10-11,16-19,22-28H2,2H3/t31?,33?,35-,38?,39+,40-/m1/s1. The zero-order valence-electron chi connectivity index (χ0n) is 26.9. The number of aryl methyl sites for hydroxylation is 2. The number of piperidine rings is 1. The van der Waals surface area contributed by atoms with E-state index in [-0.39, 0.29) is 18.2 Å². The van der Waals surface area contributed by atoms with Crippen molar-refractivity contribution in [2.75, 3.05) is 26.7 Å². The first-order valence-electron chi connectivity index (χ1n) is 17.3. The number of benzene rings is 3. The van der Waals surface area contributed by atoms with Crippen LogP contribution in [0, 0.1) is 5.92 Å². The first kappa shape index (κ1) is 30.5.